The highest BCUT2D eigenvalue weighted by Gasteiger charge is 2.00. The van der Waals surface area contributed by atoms with Gasteiger partial charge in [-0.15, -0.1) is 0 Å². The monoisotopic (exact) mass is 205 g/mol. The molecule has 0 saturated carbocycles. The van der Waals surface area contributed by atoms with Gasteiger partial charge < -0.3 is 5.32 Å². The predicted molar refractivity (Wildman–Crippen MR) is 67.4 cm³/mol. The Bertz CT molecular complexity index is 304. The van der Waals surface area contributed by atoms with E-state index in [2.05, 4.69) is 51.2 Å². The Morgan fingerprint density at radius 1 is 1.27 bits per heavy atom. The van der Waals surface area contributed by atoms with Gasteiger partial charge in [-0.1, -0.05) is 30.7 Å². The fraction of sp³-hybridized carbons (Fsp3) is 0.571. The third-order valence-corrected chi connectivity index (χ3v) is 3.00. The topological polar surface area (TPSA) is 12.0 Å². The Morgan fingerprint density at radius 2 is 2.00 bits per heavy atom. The third-order valence-electron chi connectivity index (χ3n) is 3.00. The Morgan fingerprint density at radius 3 is 2.67 bits per heavy atom. The maximum Gasteiger partial charge on any atom is 0.00362 e. The molecule has 15 heavy (non-hydrogen) atoms. The van der Waals surface area contributed by atoms with E-state index in [9.17, 15) is 0 Å². The van der Waals surface area contributed by atoms with Crippen LogP contribution in [0, 0.1) is 13.8 Å². The van der Waals surface area contributed by atoms with Gasteiger partial charge in [0.2, 0.25) is 0 Å². The van der Waals surface area contributed by atoms with E-state index in [-0.39, 0.29) is 0 Å². The van der Waals surface area contributed by atoms with E-state index in [1.807, 2.05) is 0 Å². The van der Waals surface area contributed by atoms with Crippen LogP contribution < -0.4 is 5.32 Å². The van der Waals surface area contributed by atoms with E-state index < -0.39 is 0 Å². The molecule has 84 valence electrons. The summed E-state index contributed by atoms with van der Waals surface area (Å²) in [5.41, 5.74) is 4.25. The molecule has 1 heteroatoms. The summed E-state index contributed by atoms with van der Waals surface area (Å²) in [7, 11) is 0. The number of aryl methyl sites for hydroxylation is 2. The molecule has 0 bridgehead atoms. The molecule has 0 radical (unpaired) electrons. The molecule has 1 aromatic carbocycles. The Labute approximate surface area is 93.9 Å². The zero-order valence-corrected chi connectivity index (χ0v) is 10.4. The summed E-state index contributed by atoms with van der Waals surface area (Å²) in [5, 5.41) is 3.53. The summed E-state index contributed by atoms with van der Waals surface area (Å²) in [6.07, 6.45) is 2.34. The minimum atomic E-state index is 0.634. The van der Waals surface area contributed by atoms with Crippen LogP contribution in [-0.2, 0) is 6.42 Å². The molecular formula is C14H23N. The minimum absolute atomic E-state index is 0.634. The van der Waals surface area contributed by atoms with Gasteiger partial charge in [0.15, 0.2) is 0 Å². The van der Waals surface area contributed by atoms with Gasteiger partial charge in [0.1, 0.15) is 0 Å². The molecule has 0 aromatic heterocycles. The fourth-order valence-corrected chi connectivity index (χ4v) is 1.67. The van der Waals surface area contributed by atoms with Crippen molar-refractivity contribution in [3.8, 4) is 0 Å². The number of hydrogen-bond acceptors (Lipinski definition) is 1. The molecule has 1 rings (SSSR count). The van der Waals surface area contributed by atoms with E-state index in [1.165, 1.54) is 23.1 Å². The molecule has 1 nitrogen and oxygen atoms in total. The number of rotatable bonds is 5. The summed E-state index contributed by atoms with van der Waals surface area (Å²) in [5.74, 6) is 0. The lowest BCUT2D eigenvalue weighted by molar-refractivity contribution is 0.537. The lowest BCUT2D eigenvalue weighted by Gasteiger charge is -2.12. The van der Waals surface area contributed by atoms with Crippen molar-refractivity contribution in [3.63, 3.8) is 0 Å². The van der Waals surface area contributed by atoms with Gasteiger partial charge >= 0.3 is 0 Å². The maximum absolute atomic E-state index is 3.53. The summed E-state index contributed by atoms with van der Waals surface area (Å²) in [6.45, 7) is 9.89. The molecule has 0 heterocycles. The standard InChI is InChI=1S/C14H23N/c1-5-13(4)15-9-8-14-10-11(2)6-7-12(14)3/h6-7,10,13,15H,5,8-9H2,1-4H3. The first-order chi connectivity index (χ1) is 7.13. The average Bonchev–Trinajstić information content (AvgIpc) is 2.23. The second-order valence-corrected chi connectivity index (χ2v) is 4.44. The van der Waals surface area contributed by atoms with Crippen LogP contribution in [0.4, 0.5) is 0 Å². The highest BCUT2D eigenvalue weighted by molar-refractivity contribution is 5.30. The van der Waals surface area contributed by atoms with Crippen molar-refractivity contribution in [2.45, 2.75) is 46.6 Å². The summed E-state index contributed by atoms with van der Waals surface area (Å²) < 4.78 is 0. The van der Waals surface area contributed by atoms with Gasteiger partial charge in [-0.3, -0.25) is 0 Å². The lowest BCUT2D eigenvalue weighted by atomic mass is 10.0. The van der Waals surface area contributed by atoms with E-state index >= 15 is 0 Å². The SMILES string of the molecule is CCC(C)NCCc1cc(C)ccc1C. The third kappa shape index (κ3) is 4.05. The van der Waals surface area contributed by atoms with Crippen LogP contribution in [0.25, 0.3) is 0 Å². The highest BCUT2D eigenvalue weighted by Crippen LogP contribution is 2.10. The Balaban J connectivity index is 2.46. The molecule has 0 aliphatic heterocycles. The first-order valence-electron chi connectivity index (χ1n) is 5.93. The number of benzene rings is 1. The smallest absolute Gasteiger partial charge is 0.00362 e. The predicted octanol–water partition coefficient (Wildman–Crippen LogP) is 3.23. The van der Waals surface area contributed by atoms with E-state index in [0.717, 1.165) is 13.0 Å². The van der Waals surface area contributed by atoms with Gasteiger partial charge in [-0.25, -0.2) is 0 Å². The molecular weight excluding hydrogens is 182 g/mol. The summed E-state index contributed by atoms with van der Waals surface area (Å²) in [6, 6.07) is 7.33. The molecule has 0 aliphatic carbocycles. The first-order valence-corrected chi connectivity index (χ1v) is 5.93. The second-order valence-electron chi connectivity index (χ2n) is 4.44. The van der Waals surface area contributed by atoms with Crippen molar-refractivity contribution in [2.75, 3.05) is 6.54 Å². The largest absolute Gasteiger partial charge is 0.314 e. The Hall–Kier alpha value is -0.820. The van der Waals surface area contributed by atoms with Crippen LogP contribution in [0.1, 0.15) is 37.0 Å². The number of hydrogen-bond donors (Lipinski definition) is 1. The Kier molecular flexibility index (Phi) is 4.83. The van der Waals surface area contributed by atoms with Crippen molar-refractivity contribution in [1.29, 1.82) is 0 Å². The van der Waals surface area contributed by atoms with Crippen molar-refractivity contribution < 1.29 is 0 Å². The minimum Gasteiger partial charge on any atom is -0.314 e. The summed E-state index contributed by atoms with van der Waals surface area (Å²) >= 11 is 0. The highest BCUT2D eigenvalue weighted by atomic mass is 14.9. The average molecular weight is 205 g/mol. The molecule has 1 N–H and O–H groups in total. The van der Waals surface area contributed by atoms with Crippen molar-refractivity contribution in [3.05, 3.63) is 34.9 Å². The first kappa shape index (κ1) is 12.3. The number of nitrogens with one attached hydrogen (secondary N) is 1. The molecule has 0 amide bonds. The molecule has 0 spiro atoms. The molecule has 0 fully saturated rings. The van der Waals surface area contributed by atoms with Crippen LogP contribution >= 0.6 is 0 Å². The zero-order chi connectivity index (χ0) is 11.3. The quantitative estimate of drug-likeness (QED) is 0.778. The fourth-order valence-electron chi connectivity index (χ4n) is 1.67. The molecule has 1 unspecified atom stereocenters. The maximum atomic E-state index is 3.53. The van der Waals surface area contributed by atoms with Crippen molar-refractivity contribution >= 4 is 0 Å². The lowest BCUT2D eigenvalue weighted by Crippen LogP contribution is -2.27. The van der Waals surface area contributed by atoms with Crippen molar-refractivity contribution in [2.24, 2.45) is 0 Å². The molecule has 1 aromatic rings. The molecule has 0 saturated heterocycles. The normalized spacial score (nSPS) is 12.8. The van der Waals surface area contributed by atoms with E-state index in [0.29, 0.717) is 6.04 Å². The molecule has 0 aliphatic rings. The van der Waals surface area contributed by atoms with Gasteiger partial charge in [-0.2, -0.15) is 0 Å². The molecule has 1 atom stereocenters. The van der Waals surface area contributed by atoms with Gasteiger partial charge in [0, 0.05) is 6.04 Å². The van der Waals surface area contributed by atoms with Crippen LogP contribution in [0.15, 0.2) is 18.2 Å². The second kappa shape index (κ2) is 5.92. The van der Waals surface area contributed by atoms with Gasteiger partial charge in [0.05, 0.1) is 0 Å². The van der Waals surface area contributed by atoms with Crippen LogP contribution in [-0.4, -0.2) is 12.6 Å². The van der Waals surface area contributed by atoms with Crippen LogP contribution in [0.2, 0.25) is 0 Å². The van der Waals surface area contributed by atoms with Crippen LogP contribution in [0.5, 0.6) is 0 Å². The van der Waals surface area contributed by atoms with Crippen LogP contribution in [0.3, 0.4) is 0 Å². The van der Waals surface area contributed by atoms with Crippen molar-refractivity contribution in [1.82, 2.24) is 5.32 Å². The van der Waals surface area contributed by atoms with Gasteiger partial charge in [-0.05, 0) is 51.3 Å². The van der Waals surface area contributed by atoms with Gasteiger partial charge in [0.25, 0.3) is 0 Å². The zero-order valence-electron chi connectivity index (χ0n) is 10.4. The van der Waals surface area contributed by atoms with E-state index in [4.69, 9.17) is 0 Å². The van der Waals surface area contributed by atoms with E-state index in [1.54, 1.807) is 0 Å². The summed E-state index contributed by atoms with van der Waals surface area (Å²) in [4.78, 5) is 0.